The summed E-state index contributed by atoms with van der Waals surface area (Å²) in [7, 11) is 0. The summed E-state index contributed by atoms with van der Waals surface area (Å²) in [6, 6.07) is 5.09. The molecule has 0 saturated carbocycles. The minimum absolute atomic E-state index is 0.0972. The Labute approximate surface area is 126 Å². The highest BCUT2D eigenvalue weighted by molar-refractivity contribution is 6.42. The summed E-state index contributed by atoms with van der Waals surface area (Å²) in [6.07, 6.45) is 0.629. The van der Waals surface area contributed by atoms with Crippen LogP contribution in [0.25, 0.3) is 0 Å². The van der Waals surface area contributed by atoms with Crippen LogP contribution in [-0.4, -0.2) is 14.9 Å². The van der Waals surface area contributed by atoms with Crippen molar-refractivity contribution in [3.8, 4) is 0 Å². The topological polar surface area (TPSA) is 38.0 Å². The first kappa shape index (κ1) is 14.7. The molecule has 0 fully saturated rings. The van der Waals surface area contributed by atoms with E-state index >= 15 is 0 Å². The first-order valence-electron chi connectivity index (χ1n) is 5.77. The van der Waals surface area contributed by atoms with Crippen LogP contribution in [-0.2, 0) is 0 Å². The molecule has 0 aliphatic rings. The Kier molecular flexibility index (Phi) is 4.41. The van der Waals surface area contributed by atoms with E-state index in [1.165, 1.54) is 6.20 Å². The number of hydrogen-bond donors (Lipinski definition) is 1. The average Bonchev–Trinajstić information content (AvgIpc) is 2.74. The minimum atomic E-state index is -0.896. The van der Waals surface area contributed by atoms with E-state index in [0.29, 0.717) is 26.3 Å². The van der Waals surface area contributed by atoms with Gasteiger partial charge in [-0.1, -0.05) is 40.9 Å². The molecule has 19 heavy (non-hydrogen) atoms. The summed E-state index contributed by atoms with van der Waals surface area (Å²) in [6.45, 7) is 3.93. The number of aliphatic hydroxyl groups excluding tert-OH is 1. The van der Waals surface area contributed by atoms with Crippen LogP contribution in [0.5, 0.6) is 0 Å². The number of rotatable bonds is 3. The van der Waals surface area contributed by atoms with E-state index in [-0.39, 0.29) is 6.04 Å². The highest BCUT2D eigenvalue weighted by Crippen LogP contribution is 2.32. The third kappa shape index (κ3) is 2.90. The lowest BCUT2D eigenvalue weighted by Gasteiger charge is -2.17. The highest BCUT2D eigenvalue weighted by atomic mass is 35.5. The van der Waals surface area contributed by atoms with Gasteiger partial charge in [0.15, 0.2) is 0 Å². The Morgan fingerprint density at radius 1 is 1.11 bits per heavy atom. The Bertz CT molecular complexity index is 596. The molecule has 0 spiro atoms. The Hall–Kier alpha value is -0.740. The van der Waals surface area contributed by atoms with Gasteiger partial charge in [0.25, 0.3) is 0 Å². The Balaban J connectivity index is 2.46. The molecule has 1 heterocycles. The van der Waals surface area contributed by atoms with Gasteiger partial charge in [0.2, 0.25) is 0 Å². The fourth-order valence-corrected chi connectivity index (χ4v) is 2.40. The van der Waals surface area contributed by atoms with Gasteiger partial charge in [0, 0.05) is 6.04 Å². The van der Waals surface area contributed by atoms with Crippen LogP contribution in [0.2, 0.25) is 15.1 Å². The highest BCUT2D eigenvalue weighted by Gasteiger charge is 2.21. The van der Waals surface area contributed by atoms with E-state index < -0.39 is 6.10 Å². The van der Waals surface area contributed by atoms with Crippen molar-refractivity contribution in [3.63, 3.8) is 0 Å². The van der Waals surface area contributed by atoms with Crippen LogP contribution in [0.15, 0.2) is 24.4 Å². The van der Waals surface area contributed by atoms with Crippen LogP contribution in [0.1, 0.15) is 37.3 Å². The van der Waals surface area contributed by atoms with Gasteiger partial charge in [-0.2, -0.15) is 5.10 Å². The van der Waals surface area contributed by atoms with Gasteiger partial charge in [-0.3, -0.25) is 4.68 Å². The zero-order valence-electron chi connectivity index (χ0n) is 10.4. The number of halogens is 3. The van der Waals surface area contributed by atoms with Crippen LogP contribution in [0.4, 0.5) is 0 Å². The SMILES string of the molecule is CC(C)n1ncc(Cl)c1C(O)c1ccc(Cl)c(Cl)c1. The predicted octanol–water partition coefficient (Wildman–Crippen LogP) is 4.51. The summed E-state index contributed by atoms with van der Waals surface area (Å²) in [5.41, 5.74) is 1.17. The van der Waals surface area contributed by atoms with Crippen molar-refractivity contribution in [1.82, 2.24) is 9.78 Å². The molecular weight excluding hydrogens is 307 g/mol. The molecule has 1 N–H and O–H groups in total. The molecule has 1 aromatic heterocycles. The van der Waals surface area contributed by atoms with Gasteiger partial charge < -0.3 is 5.11 Å². The van der Waals surface area contributed by atoms with Crippen molar-refractivity contribution in [2.45, 2.75) is 26.0 Å². The van der Waals surface area contributed by atoms with E-state index in [0.717, 1.165) is 0 Å². The summed E-state index contributed by atoms with van der Waals surface area (Å²) in [4.78, 5) is 0. The third-order valence-corrected chi connectivity index (χ3v) is 3.82. The number of aromatic nitrogens is 2. The molecule has 3 nitrogen and oxygen atoms in total. The average molecular weight is 320 g/mol. The first-order valence-corrected chi connectivity index (χ1v) is 6.91. The summed E-state index contributed by atoms with van der Waals surface area (Å²) in [5.74, 6) is 0. The molecule has 0 bridgehead atoms. The van der Waals surface area contributed by atoms with Gasteiger partial charge in [-0.15, -0.1) is 0 Å². The summed E-state index contributed by atoms with van der Waals surface area (Å²) >= 11 is 17.9. The van der Waals surface area contributed by atoms with Gasteiger partial charge in [-0.05, 0) is 31.5 Å². The van der Waals surface area contributed by atoms with Gasteiger partial charge in [-0.25, -0.2) is 0 Å². The van der Waals surface area contributed by atoms with Crippen LogP contribution < -0.4 is 0 Å². The molecule has 0 saturated heterocycles. The van der Waals surface area contributed by atoms with Crippen molar-refractivity contribution in [1.29, 1.82) is 0 Å². The number of aliphatic hydroxyl groups is 1. The number of hydrogen-bond acceptors (Lipinski definition) is 2. The van der Waals surface area contributed by atoms with Crippen molar-refractivity contribution in [2.75, 3.05) is 0 Å². The molecule has 102 valence electrons. The van der Waals surface area contributed by atoms with Gasteiger partial charge in [0.1, 0.15) is 6.10 Å². The zero-order valence-corrected chi connectivity index (χ0v) is 12.7. The van der Waals surface area contributed by atoms with E-state index in [1.54, 1.807) is 22.9 Å². The second kappa shape index (κ2) is 5.71. The maximum absolute atomic E-state index is 10.5. The minimum Gasteiger partial charge on any atom is -0.382 e. The molecule has 1 atom stereocenters. The molecule has 1 aromatic carbocycles. The maximum Gasteiger partial charge on any atom is 0.122 e. The van der Waals surface area contributed by atoms with Crippen molar-refractivity contribution < 1.29 is 5.11 Å². The molecule has 0 radical (unpaired) electrons. The quantitative estimate of drug-likeness (QED) is 0.904. The first-order chi connectivity index (χ1) is 8.91. The molecule has 1 unspecified atom stereocenters. The fourth-order valence-electron chi connectivity index (χ4n) is 1.86. The lowest BCUT2D eigenvalue weighted by Crippen LogP contribution is -2.12. The van der Waals surface area contributed by atoms with Crippen molar-refractivity contribution >= 4 is 34.8 Å². The summed E-state index contributed by atoms with van der Waals surface area (Å²) < 4.78 is 1.69. The fraction of sp³-hybridized carbons (Fsp3) is 0.308. The van der Waals surface area contributed by atoms with E-state index in [9.17, 15) is 5.11 Å². The zero-order chi connectivity index (χ0) is 14.2. The molecular formula is C13H13Cl3N2O. The number of nitrogens with zero attached hydrogens (tertiary/aromatic N) is 2. The van der Waals surface area contributed by atoms with Gasteiger partial charge >= 0.3 is 0 Å². The Morgan fingerprint density at radius 2 is 1.79 bits per heavy atom. The predicted molar refractivity (Wildman–Crippen MR) is 78.1 cm³/mol. The van der Waals surface area contributed by atoms with Crippen LogP contribution in [0.3, 0.4) is 0 Å². The monoisotopic (exact) mass is 318 g/mol. The summed E-state index contributed by atoms with van der Waals surface area (Å²) in [5, 5.41) is 15.9. The standard InChI is InChI=1S/C13H13Cl3N2O/c1-7(2)18-12(11(16)6-17-18)13(19)8-3-4-9(14)10(15)5-8/h3-7,13,19H,1-2H3. The Morgan fingerprint density at radius 3 is 2.37 bits per heavy atom. The number of benzene rings is 1. The molecule has 0 amide bonds. The second-order valence-corrected chi connectivity index (χ2v) is 5.71. The maximum atomic E-state index is 10.5. The normalized spacial score (nSPS) is 13.0. The third-order valence-electron chi connectivity index (χ3n) is 2.79. The van der Waals surface area contributed by atoms with Crippen molar-refractivity contribution in [3.05, 3.63) is 50.7 Å². The molecule has 2 aromatic rings. The van der Waals surface area contributed by atoms with Crippen molar-refractivity contribution in [2.24, 2.45) is 0 Å². The molecule has 0 aliphatic heterocycles. The van der Waals surface area contributed by atoms with E-state index in [1.807, 2.05) is 13.8 Å². The van der Waals surface area contributed by atoms with Crippen LogP contribution in [0, 0.1) is 0 Å². The largest absolute Gasteiger partial charge is 0.382 e. The van der Waals surface area contributed by atoms with E-state index in [2.05, 4.69) is 5.10 Å². The van der Waals surface area contributed by atoms with Gasteiger partial charge in [0.05, 0.1) is 27.0 Å². The van der Waals surface area contributed by atoms with Crippen LogP contribution >= 0.6 is 34.8 Å². The second-order valence-electron chi connectivity index (χ2n) is 4.49. The molecule has 2 rings (SSSR count). The molecule has 6 heteroatoms. The smallest absolute Gasteiger partial charge is 0.122 e. The van der Waals surface area contributed by atoms with E-state index in [4.69, 9.17) is 34.8 Å². The lowest BCUT2D eigenvalue weighted by molar-refractivity contribution is 0.205. The molecule has 0 aliphatic carbocycles. The lowest BCUT2D eigenvalue weighted by atomic mass is 10.1.